The Morgan fingerprint density at radius 2 is 1.66 bits per heavy atom. The fourth-order valence-corrected chi connectivity index (χ4v) is 9.41. The van der Waals surface area contributed by atoms with E-state index in [0.29, 0.717) is 41.2 Å². The van der Waals surface area contributed by atoms with Crippen molar-refractivity contribution in [3.8, 4) is 11.1 Å². The Morgan fingerprint density at radius 3 is 2.39 bits per heavy atom. The predicted molar refractivity (Wildman–Crippen MR) is 246 cm³/mol. The van der Waals surface area contributed by atoms with Crippen LogP contribution in [0.2, 0.25) is 5.02 Å². The first-order valence-corrected chi connectivity index (χ1v) is 22.9. The Bertz CT molecular complexity index is 2550. The third kappa shape index (κ3) is 11.8. The van der Waals surface area contributed by atoms with Crippen LogP contribution in [0.5, 0.6) is 0 Å². The van der Waals surface area contributed by atoms with Crippen molar-refractivity contribution >= 4 is 67.2 Å². The normalized spacial score (nSPS) is 14.2. The second-order valence-electron chi connectivity index (χ2n) is 15.6. The lowest BCUT2D eigenvalue weighted by Crippen LogP contribution is -2.46. The lowest BCUT2D eigenvalue weighted by Gasteiger charge is -2.36. The van der Waals surface area contributed by atoms with E-state index in [-0.39, 0.29) is 28.1 Å². The second kappa shape index (κ2) is 19.6. The minimum atomic E-state index is -4.30. The highest BCUT2D eigenvalue weighted by atomic mass is 35.5. The molecule has 1 saturated heterocycles. The van der Waals surface area contributed by atoms with Gasteiger partial charge in [-0.25, -0.2) is 18.4 Å². The van der Waals surface area contributed by atoms with Crippen LogP contribution < -0.4 is 20.3 Å². The van der Waals surface area contributed by atoms with Gasteiger partial charge in [-0.15, -0.1) is 11.8 Å². The van der Waals surface area contributed by atoms with Crippen LogP contribution in [0.25, 0.3) is 22.0 Å². The molecule has 0 aliphatic carbocycles. The van der Waals surface area contributed by atoms with Crippen molar-refractivity contribution in [2.45, 2.75) is 48.2 Å². The topological polar surface area (TPSA) is 166 Å². The van der Waals surface area contributed by atoms with Crippen molar-refractivity contribution in [1.82, 2.24) is 20.2 Å². The van der Waals surface area contributed by atoms with Crippen LogP contribution >= 0.6 is 23.4 Å². The number of fused-ring (bicyclic) bond motifs is 1. The molecular weight excluding hydrogens is 832 g/mol. The molecule has 0 bridgehead atoms. The molecule has 1 aliphatic rings. The molecular formula is C45H49ClN8O5S2. The summed E-state index contributed by atoms with van der Waals surface area (Å²) in [5.41, 5.74) is 4.05. The van der Waals surface area contributed by atoms with Crippen LogP contribution in [-0.2, 0) is 16.6 Å². The van der Waals surface area contributed by atoms with Crippen molar-refractivity contribution in [2.75, 3.05) is 60.0 Å². The number of hydrogen-bond donors (Lipinski definition) is 4. The van der Waals surface area contributed by atoms with Crippen LogP contribution in [0.1, 0.15) is 25.8 Å². The fourth-order valence-electron chi connectivity index (χ4n) is 7.24. The Kier molecular flexibility index (Phi) is 14.1. The van der Waals surface area contributed by atoms with Gasteiger partial charge in [0.2, 0.25) is 0 Å². The molecule has 1 aromatic heterocycles. The quantitative estimate of drug-likeness (QED) is 0.0283. The van der Waals surface area contributed by atoms with E-state index in [2.05, 4.69) is 59.4 Å². The molecule has 1 unspecified atom stereocenters. The molecule has 4 N–H and O–H groups in total. The lowest BCUT2D eigenvalue weighted by molar-refractivity contribution is -0.384. The van der Waals surface area contributed by atoms with E-state index < -0.39 is 20.5 Å². The van der Waals surface area contributed by atoms with Crippen LogP contribution in [0, 0.1) is 10.1 Å². The maximum atomic E-state index is 13.8. The summed E-state index contributed by atoms with van der Waals surface area (Å²) in [5.74, 6) is 0.661. The minimum Gasteiger partial charge on any atom is -0.389 e. The average molecular weight is 882 g/mol. The zero-order chi connectivity index (χ0) is 43.0. The first-order chi connectivity index (χ1) is 29.3. The summed E-state index contributed by atoms with van der Waals surface area (Å²) in [4.78, 5) is 26.0. The number of anilines is 3. The van der Waals surface area contributed by atoms with Crippen molar-refractivity contribution in [3.05, 3.63) is 142 Å². The molecule has 0 saturated carbocycles. The fraction of sp³-hybridized carbons (Fsp3) is 0.289. The summed E-state index contributed by atoms with van der Waals surface area (Å²) in [5, 5.41) is 30.2. The number of hydrogen-bond acceptors (Lipinski definition) is 12. The molecule has 61 heavy (non-hydrogen) atoms. The van der Waals surface area contributed by atoms with Crippen molar-refractivity contribution in [1.29, 1.82) is 0 Å². The number of nitro groups is 1. The molecule has 1 fully saturated rings. The minimum absolute atomic E-state index is 0.0714. The van der Waals surface area contributed by atoms with Gasteiger partial charge in [0.05, 0.1) is 20.9 Å². The van der Waals surface area contributed by atoms with E-state index in [4.69, 9.17) is 11.6 Å². The maximum Gasteiger partial charge on any atom is 0.293 e. The molecule has 1 aliphatic heterocycles. The number of nitro benzene ring substituents is 1. The van der Waals surface area contributed by atoms with Gasteiger partial charge in [-0.3, -0.25) is 19.7 Å². The Hall–Kier alpha value is -5.29. The predicted octanol–water partition coefficient (Wildman–Crippen LogP) is 8.30. The van der Waals surface area contributed by atoms with Crippen molar-refractivity contribution < 1.29 is 18.4 Å². The van der Waals surface area contributed by atoms with E-state index in [1.165, 1.54) is 29.6 Å². The first kappa shape index (κ1) is 43.8. The van der Waals surface area contributed by atoms with Gasteiger partial charge in [0.1, 0.15) is 12.0 Å². The van der Waals surface area contributed by atoms with E-state index in [0.717, 1.165) is 54.9 Å². The van der Waals surface area contributed by atoms with E-state index in [9.17, 15) is 23.6 Å². The standard InChI is InChI=1S/C45H49ClN8O5S2/c1-45(2,55)30-47-21-20-35(29-60-37-9-4-3-5-10-37)50-41-19-17-38(27-43(41)54(56)57)61(58,59)51-44-40-18-16-36(26-42(40)48-31-49-44)53-24-22-52(23-25-53)28-33-8-6-7-11-39(33)32-12-14-34(46)15-13-32/h3-19,26-27,31,35,47,50,55H,20-25,28-30H2,1-2H3,(H,48,49,51). The molecule has 0 amide bonds. The highest BCUT2D eigenvalue weighted by Crippen LogP contribution is 2.33. The van der Waals surface area contributed by atoms with Crippen LogP contribution in [-0.4, -0.2) is 90.0 Å². The molecule has 1 atom stereocenters. The van der Waals surface area contributed by atoms with Gasteiger partial charge in [-0.2, -0.15) is 0 Å². The molecule has 0 spiro atoms. The van der Waals surface area contributed by atoms with Gasteiger partial charge in [0.25, 0.3) is 15.7 Å². The number of rotatable bonds is 18. The summed E-state index contributed by atoms with van der Waals surface area (Å²) in [6.45, 7) is 8.50. The van der Waals surface area contributed by atoms with E-state index in [1.807, 2.05) is 66.7 Å². The summed E-state index contributed by atoms with van der Waals surface area (Å²) in [7, 11) is -4.30. The third-order valence-corrected chi connectivity index (χ3v) is 13.2. The van der Waals surface area contributed by atoms with E-state index in [1.54, 1.807) is 31.7 Å². The van der Waals surface area contributed by atoms with Gasteiger partial charge in [-0.05, 0) is 98.1 Å². The molecule has 2 heterocycles. The third-order valence-electron chi connectivity index (χ3n) is 10.4. The first-order valence-electron chi connectivity index (χ1n) is 20.1. The maximum absolute atomic E-state index is 13.8. The average Bonchev–Trinajstić information content (AvgIpc) is 3.25. The number of sulfonamides is 1. The second-order valence-corrected chi connectivity index (χ2v) is 18.8. The number of halogens is 1. The van der Waals surface area contributed by atoms with Gasteiger partial charge in [0, 0.05) is 78.1 Å². The van der Waals surface area contributed by atoms with Crippen molar-refractivity contribution in [2.24, 2.45) is 0 Å². The summed E-state index contributed by atoms with van der Waals surface area (Å²) < 4.78 is 30.1. The monoisotopic (exact) mass is 880 g/mol. The molecule has 5 aromatic carbocycles. The SMILES string of the molecule is CC(C)(O)CNCCC(CSc1ccccc1)Nc1ccc(S(=O)(=O)Nc2ncnc3cc(N4CCN(Cc5ccccc5-c5ccc(Cl)cc5)CC4)ccc23)cc1[N+](=O)[O-]. The Morgan fingerprint density at radius 1 is 0.918 bits per heavy atom. The summed E-state index contributed by atoms with van der Waals surface area (Å²) in [6.07, 6.45) is 1.90. The largest absolute Gasteiger partial charge is 0.389 e. The molecule has 13 nitrogen and oxygen atoms in total. The number of aliphatic hydroxyl groups is 1. The van der Waals surface area contributed by atoms with Crippen LogP contribution in [0.15, 0.2) is 131 Å². The molecule has 0 radical (unpaired) electrons. The highest BCUT2D eigenvalue weighted by Gasteiger charge is 2.25. The van der Waals surface area contributed by atoms with Gasteiger partial charge in [0.15, 0.2) is 5.82 Å². The summed E-state index contributed by atoms with van der Waals surface area (Å²) >= 11 is 7.75. The zero-order valence-electron chi connectivity index (χ0n) is 34.0. The number of aromatic nitrogens is 2. The van der Waals surface area contributed by atoms with Crippen LogP contribution in [0.3, 0.4) is 0 Å². The number of nitrogens with one attached hydrogen (secondary N) is 3. The van der Waals surface area contributed by atoms with Crippen molar-refractivity contribution in [3.63, 3.8) is 0 Å². The van der Waals surface area contributed by atoms with E-state index >= 15 is 0 Å². The van der Waals surface area contributed by atoms with Gasteiger partial charge < -0.3 is 20.6 Å². The Labute approximate surface area is 365 Å². The lowest BCUT2D eigenvalue weighted by atomic mass is 9.99. The zero-order valence-corrected chi connectivity index (χ0v) is 36.4. The number of piperazine rings is 1. The number of thioether (sulfide) groups is 1. The molecule has 318 valence electrons. The molecule has 6 aromatic rings. The Balaban J connectivity index is 1.02. The highest BCUT2D eigenvalue weighted by molar-refractivity contribution is 7.99. The number of benzene rings is 5. The smallest absolute Gasteiger partial charge is 0.293 e. The number of nitrogens with zero attached hydrogens (tertiary/aromatic N) is 5. The molecule has 16 heteroatoms. The summed E-state index contributed by atoms with van der Waals surface area (Å²) in [6, 6.07) is 35.5. The van der Waals surface area contributed by atoms with Gasteiger partial charge in [-0.1, -0.05) is 66.2 Å². The molecule has 7 rings (SSSR count). The van der Waals surface area contributed by atoms with Gasteiger partial charge >= 0.3 is 0 Å². The van der Waals surface area contributed by atoms with Crippen LogP contribution in [0.4, 0.5) is 22.9 Å².